The van der Waals surface area contributed by atoms with Gasteiger partial charge >= 0.3 is 0 Å². The third kappa shape index (κ3) is 2.76. The van der Waals surface area contributed by atoms with Crippen molar-refractivity contribution in [3.63, 3.8) is 0 Å². The van der Waals surface area contributed by atoms with E-state index < -0.39 is 0 Å². The van der Waals surface area contributed by atoms with E-state index in [4.69, 9.17) is 22.6 Å². The summed E-state index contributed by atoms with van der Waals surface area (Å²) in [4.78, 5) is 4.38. The molecule has 2 aromatic rings. The highest BCUT2D eigenvalue weighted by Crippen LogP contribution is 2.30. The Morgan fingerprint density at radius 2 is 2.18 bits per heavy atom. The molecule has 90 valence electrons. The molecule has 1 aromatic heterocycles. The van der Waals surface area contributed by atoms with Gasteiger partial charge in [0.15, 0.2) is 5.13 Å². The number of benzene rings is 1. The molecule has 3 N–H and O–H groups in total. The number of anilines is 1. The summed E-state index contributed by atoms with van der Waals surface area (Å²) in [5.74, 6) is 5.72. The first-order valence-corrected chi connectivity index (χ1v) is 6.31. The van der Waals surface area contributed by atoms with Gasteiger partial charge in [0.1, 0.15) is 0 Å². The van der Waals surface area contributed by atoms with Crippen molar-refractivity contribution < 1.29 is 5.11 Å². The van der Waals surface area contributed by atoms with Crippen LogP contribution >= 0.6 is 22.9 Å². The van der Waals surface area contributed by atoms with Gasteiger partial charge in [0.25, 0.3) is 0 Å². The fourth-order valence-electron chi connectivity index (χ4n) is 1.39. The number of aliphatic hydroxyl groups is 1. The Morgan fingerprint density at radius 1 is 1.41 bits per heavy atom. The van der Waals surface area contributed by atoms with E-state index in [0.29, 0.717) is 16.7 Å². The lowest BCUT2D eigenvalue weighted by atomic mass is 10.2. The molecule has 0 bridgehead atoms. The maximum absolute atomic E-state index is 8.80. The first-order valence-electron chi connectivity index (χ1n) is 5.06. The van der Waals surface area contributed by atoms with E-state index in [1.54, 1.807) is 0 Å². The summed E-state index contributed by atoms with van der Waals surface area (Å²) < 4.78 is 0. The third-order valence-electron chi connectivity index (χ3n) is 2.23. The third-order valence-corrected chi connectivity index (χ3v) is 3.44. The molecule has 1 aromatic carbocycles. The standard InChI is InChI=1S/C11H12ClN3OS/c12-9-4-2-1-3-8(9)10-7-17-11(14-10)15(13)5-6-16/h1-4,7,16H,5-6,13H2. The Kier molecular flexibility index (Phi) is 3.96. The zero-order valence-corrected chi connectivity index (χ0v) is 10.6. The molecule has 0 spiro atoms. The molecule has 0 saturated heterocycles. The van der Waals surface area contributed by atoms with Gasteiger partial charge in [0.05, 0.1) is 18.8 Å². The van der Waals surface area contributed by atoms with E-state index in [1.807, 2.05) is 29.6 Å². The van der Waals surface area contributed by atoms with Crippen LogP contribution in [-0.2, 0) is 0 Å². The number of hydrazine groups is 1. The number of halogens is 1. The molecule has 4 nitrogen and oxygen atoms in total. The van der Waals surface area contributed by atoms with Crippen LogP contribution in [0.2, 0.25) is 5.02 Å². The van der Waals surface area contributed by atoms with Crippen LogP contribution in [0.1, 0.15) is 0 Å². The second-order valence-corrected chi connectivity index (χ2v) is 4.66. The van der Waals surface area contributed by atoms with Crippen molar-refractivity contribution in [3.05, 3.63) is 34.7 Å². The predicted molar refractivity (Wildman–Crippen MR) is 71.2 cm³/mol. The predicted octanol–water partition coefficient (Wildman–Crippen LogP) is 2.14. The number of nitrogens with zero attached hydrogens (tertiary/aromatic N) is 2. The highest BCUT2D eigenvalue weighted by atomic mass is 35.5. The molecule has 0 aliphatic carbocycles. The Morgan fingerprint density at radius 3 is 2.88 bits per heavy atom. The lowest BCUT2D eigenvalue weighted by molar-refractivity contribution is 0.302. The molecule has 0 amide bonds. The fraction of sp³-hybridized carbons (Fsp3) is 0.182. The van der Waals surface area contributed by atoms with Gasteiger partial charge in [-0.15, -0.1) is 11.3 Å². The highest BCUT2D eigenvalue weighted by Gasteiger charge is 2.10. The van der Waals surface area contributed by atoms with E-state index in [2.05, 4.69) is 4.98 Å². The number of hydrogen-bond donors (Lipinski definition) is 2. The van der Waals surface area contributed by atoms with E-state index >= 15 is 0 Å². The number of nitrogens with two attached hydrogens (primary N) is 1. The van der Waals surface area contributed by atoms with Crippen molar-refractivity contribution in [2.75, 3.05) is 18.2 Å². The van der Waals surface area contributed by atoms with Gasteiger partial charge in [-0.25, -0.2) is 10.8 Å². The van der Waals surface area contributed by atoms with Gasteiger partial charge in [-0.1, -0.05) is 29.8 Å². The highest BCUT2D eigenvalue weighted by molar-refractivity contribution is 7.14. The van der Waals surface area contributed by atoms with Gasteiger partial charge in [-0.05, 0) is 6.07 Å². The minimum Gasteiger partial charge on any atom is -0.394 e. The summed E-state index contributed by atoms with van der Waals surface area (Å²) in [6.07, 6.45) is 0. The quantitative estimate of drug-likeness (QED) is 0.659. The lowest BCUT2D eigenvalue weighted by Crippen LogP contribution is -2.33. The number of aliphatic hydroxyl groups excluding tert-OH is 1. The van der Waals surface area contributed by atoms with Gasteiger partial charge in [0.2, 0.25) is 0 Å². The molecule has 0 atom stereocenters. The molecular weight excluding hydrogens is 258 g/mol. The second-order valence-electron chi connectivity index (χ2n) is 3.41. The van der Waals surface area contributed by atoms with Gasteiger partial charge in [-0.3, -0.25) is 5.01 Å². The van der Waals surface area contributed by atoms with Gasteiger partial charge < -0.3 is 5.11 Å². The van der Waals surface area contributed by atoms with Gasteiger partial charge in [0, 0.05) is 16.0 Å². The molecule has 0 saturated carbocycles. The van der Waals surface area contributed by atoms with Crippen LogP contribution in [0.5, 0.6) is 0 Å². The van der Waals surface area contributed by atoms with Crippen LogP contribution in [0.25, 0.3) is 11.3 Å². The maximum Gasteiger partial charge on any atom is 0.200 e. The Hall–Kier alpha value is -1.14. The molecule has 1 heterocycles. The van der Waals surface area contributed by atoms with Crippen molar-refractivity contribution in [1.29, 1.82) is 0 Å². The SMILES string of the molecule is NN(CCO)c1nc(-c2ccccc2Cl)cs1. The maximum atomic E-state index is 8.80. The molecule has 0 fully saturated rings. The molecule has 2 rings (SSSR count). The van der Waals surface area contributed by atoms with Crippen molar-refractivity contribution in [1.82, 2.24) is 4.98 Å². The minimum absolute atomic E-state index is 0.00247. The minimum atomic E-state index is -0.00247. The Labute approximate surface area is 108 Å². The second kappa shape index (κ2) is 5.46. The molecule has 0 aliphatic heterocycles. The average Bonchev–Trinajstić information content (AvgIpc) is 2.79. The summed E-state index contributed by atoms with van der Waals surface area (Å²) in [5, 5.41) is 13.4. The first-order chi connectivity index (χ1) is 8.22. The largest absolute Gasteiger partial charge is 0.394 e. The van der Waals surface area contributed by atoms with E-state index in [1.165, 1.54) is 16.3 Å². The zero-order chi connectivity index (χ0) is 12.3. The van der Waals surface area contributed by atoms with Crippen LogP contribution in [0.3, 0.4) is 0 Å². The van der Waals surface area contributed by atoms with Crippen molar-refractivity contribution in [2.45, 2.75) is 0 Å². The summed E-state index contributed by atoms with van der Waals surface area (Å²) in [6.45, 7) is 0.354. The molecular formula is C11H12ClN3OS. The molecule has 6 heteroatoms. The van der Waals surface area contributed by atoms with Crippen LogP contribution in [0, 0.1) is 0 Å². The lowest BCUT2D eigenvalue weighted by Gasteiger charge is -2.12. The molecule has 0 unspecified atom stereocenters. The van der Waals surface area contributed by atoms with Crippen LogP contribution < -0.4 is 10.9 Å². The molecule has 0 aliphatic rings. The fourth-order valence-corrected chi connectivity index (χ4v) is 2.40. The van der Waals surface area contributed by atoms with Crippen molar-refractivity contribution in [3.8, 4) is 11.3 Å². The Balaban J connectivity index is 2.27. The summed E-state index contributed by atoms with van der Waals surface area (Å²) >= 11 is 7.51. The number of rotatable bonds is 4. The van der Waals surface area contributed by atoms with Crippen molar-refractivity contribution in [2.24, 2.45) is 5.84 Å². The van der Waals surface area contributed by atoms with Gasteiger partial charge in [-0.2, -0.15) is 0 Å². The number of hydrogen-bond acceptors (Lipinski definition) is 5. The average molecular weight is 270 g/mol. The number of aromatic nitrogens is 1. The van der Waals surface area contributed by atoms with E-state index in [0.717, 1.165) is 11.3 Å². The molecule has 17 heavy (non-hydrogen) atoms. The summed E-state index contributed by atoms with van der Waals surface area (Å²) in [7, 11) is 0. The first kappa shape index (κ1) is 12.3. The number of thiazole rings is 1. The Bertz CT molecular complexity index is 503. The van der Waals surface area contributed by atoms with Crippen LogP contribution in [0.4, 0.5) is 5.13 Å². The van der Waals surface area contributed by atoms with Crippen LogP contribution in [-0.4, -0.2) is 23.2 Å². The molecule has 0 radical (unpaired) electrons. The normalized spacial score (nSPS) is 10.5. The monoisotopic (exact) mass is 269 g/mol. The van der Waals surface area contributed by atoms with Crippen molar-refractivity contribution >= 4 is 28.1 Å². The zero-order valence-electron chi connectivity index (χ0n) is 9.01. The van der Waals surface area contributed by atoms with E-state index in [-0.39, 0.29) is 6.61 Å². The summed E-state index contributed by atoms with van der Waals surface area (Å²) in [6, 6.07) is 7.52. The van der Waals surface area contributed by atoms with Crippen LogP contribution in [0.15, 0.2) is 29.6 Å². The smallest absolute Gasteiger partial charge is 0.200 e. The van der Waals surface area contributed by atoms with E-state index in [9.17, 15) is 0 Å². The topological polar surface area (TPSA) is 62.4 Å². The summed E-state index contributed by atoms with van der Waals surface area (Å²) in [5.41, 5.74) is 1.68.